The third kappa shape index (κ3) is 5.12. The van der Waals surface area contributed by atoms with Gasteiger partial charge in [-0.15, -0.1) is 11.8 Å². The maximum absolute atomic E-state index is 12.5. The molecular weight excluding hydrogens is 356 g/mol. The summed E-state index contributed by atoms with van der Waals surface area (Å²) in [6, 6.07) is 5.96. The molecule has 1 unspecified atom stereocenters. The van der Waals surface area contributed by atoms with Gasteiger partial charge in [0, 0.05) is 22.9 Å². The predicted octanol–water partition coefficient (Wildman–Crippen LogP) is 1.07. The van der Waals surface area contributed by atoms with Gasteiger partial charge in [-0.3, -0.25) is 9.59 Å². The number of nitrogens with one attached hydrogen (secondary N) is 1. The van der Waals surface area contributed by atoms with E-state index >= 15 is 0 Å². The van der Waals surface area contributed by atoms with E-state index < -0.39 is 18.6 Å². The molecule has 2 N–H and O–H groups in total. The standard InChI is InChI=1S/C15H17ClN2O5S/c16-11-3-1-10(2-4-11)15(22)18-9-24-8-12(18)14(21)17-5-6-23-7-13(19)20/h1-4,12H,5-9H2,(H,17,21)(H,19,20). The Bertz CT molecular complexity index is 610. The van der Waals surface area contributed by atoms with Crippen molar-refractivity contribution < 1.29 is 24.2 Å². The molecule has 2 rings (SSSR count). The lowest BCUT2D eigenvalue weighted by molar-refractivity contribution is -0.142. The van der Waals surface area contributed by atoms with Crippen LogP contribution < -0.4 is 5.32 Å². The first kappa shape index (κ1) is 18.6. The first-order chi connectivity index (χ1) is 11.5. The number of halogens is 1. The molecule has 1 aliphatic rings. The second-order valence-corrected chi connectivity index (χ2v) is 6.47. The van der Waals surface area contributed by atoms with Crippen LogP contribution in [0.1, 0.15) is 10.4 Å². The van der Waals surface area contributed by atoms with E-state index in [9.17, 15) is 14.4 Å². The highest BCUT2D eigenvalue weighted by Gasteiger charge is 2.34. The van der Waals surface area contributed by atoms with Crippen molar-refractivity contribution in [1.82, 2.24) is 10.2 Å². The topological polar surface area (TPSA) is 95.9 Å². The van der Waals surface area contributed by atoms with Crippen LogP contribution in [-0.2, 0) is 14.3 Å². The van der Waals surface area contributed by atoms with Gasteiger partial charge in [-0.05, 0) is 24.3 Å². The van der Waals surface area contributed by atoms with Gasteiger partial charge in [0.15, 0.2) is 0 Å². The van der Waals surface area contributed by atoms with Gasteiger partial charge >= 0.3 is 5.97 Å². The van der Waals surface area contributed by atoms with E-state index in [0.717, 1.165) is 0 Å². The van der Waals surface area contributed by atoms with E-state index in [2.05, 4.69) is 5.32 Å². The van der Waals surface area contributed by atoms with E-state index in [4.69, 9.17) is 21.4 Å². The van der Waals surface area contributed by atoms with Crippen molar-refractivity contribution >= 4 is 41.1 Å². The van der Waals surface area contributed by atoms with E-state index in [-0.39, 0.29) is 25.0 Å². The number of aliphatic carboxylic acids is 1. The van der Waals surface area contributed by atoms with Crippen molar-refractivity contribution in [3.63, 3.8) is 0 Å². The van der Waals surface area contributed by atoms with Crippen molar-refractivity contribution in [2.24, 2.45) is 0 Å². The summed E-state index contributed by atoms with van der Waals surface area (Å²) in [5.74, 6) is -0.607. The number of benzene rings is 1. The van der Waals surface area contributed by atoms with Crippen LogP contribution in [-0.4, -0.2) is 65.2 Å². The molecule has 1 atom stereocenters. The quantitative estimate of drug-likeness (QED) is 0.695. The third-order valence-corrected chi connectivity index (χ3v) is 4.57. The van der Waals surface area contributed by atoms with Gasteiger partial charge in [0.2, 0.25) is 5.91 Å². The van der Waals surface area contributed by atoms with Crippen molar-refractivity contribution in [3.05, 3.63) is 34.9 Å². The molecule has 1 heterocycles. The molecule has 9 heteroatoms. The first-order valence-corrected chi connectivity index (χ1v) is 8.74. The Morgan fingerprint density at radius 3 is 2.71 bits per heavy atom. The minimum atomic E-state index is -1.06. The van der Waals surface area contributed by atoms with E-state index in [0.29, 0.717) is 22.2 Å². The molecule has 1 aromatic carbocycles. The van der Waals surface area contributed by atoms with Crippen LogP contribution in [0, 0.1) is 0 Å². The zero-order chi connectivity index (χ0) is 17.5. The monoisotopic (exact) mass is 372 g/mol. The summed E-state index contributed by atoms with van der Waals surface area (Å²) in [4.78, 5) is 36.6. The summed E-state index contributed by atoms with van der Waals surface area (Å²) in [5.41, 5.74) is 0.476. The van der Waals surface area contributed by atoms with Crippen molar-refractivity contribution in [2.75, 3.05) is 31.4 Å². The number of hydrogen-bond donors (Lipinski definition) is 2. The molecule has 130 valence electrons. The zero-order valence-corrected chi connectivity index (χ0v) is 14.3. The maximum atomic E-state index is 12.5. The molecule has 1 saturated heterocycles. The van der Waals surface area contributed by atoms with Crippen molar-refractivity contribution in [2.45, 2.75) is 6.04 Å². The molecule has 24 heavy (non-hydrogen) atoms. The molecule has 0 saturated carbocycles. The smallest absolute Gasteiger partial charge is 0.329 e. The molecule has 2 amide bonds. The Labute approximate surface area is 148 Å². The molecule has 1 aliphatic heterocycles. The average Bonchev–Trinajstić information content (AvgIpc) is 3.03. The Hall–Kier alpha value is -1.77. The summed E-state index contributed by atoms with van der Waals surface area (Å²) in [6.07, 6.45) is 0. The van der Waals surface area contributed by atoms with Crippen molar-refractivity contribution in [1.29, 1.82) is 0 Å². The van der Waals surface area contributed by atoms with Crippen LogP contribution in [0.15, 0.2) is 24.3 Å². The van der Waals surface area contributed by atoms with E-state index in [1.807, 2.05) is 0 Å². The number of carboxylic acid groups (broad SMARTS) is 1. The number of hydrogen-bond acceptors (Lipinski definition) is 5. The zero-order valence-electron chi connectivity index (χ0n) is 12.7. The van der Waals surface area contributed by atoms with Gasteiger partial charge in [-0.25, -0.2) is 4.79 Å². The normalized spacial score (nSPS) is 16.9. The molecule has 1 fully saturated rings. The van der Waals surface area contributed by atoms with Crippen LogP contribution in [0.2, 0.25) is 5.02 Å². The number of carbonyl (C=O) groups is 3. The largest absolute Gasteiger partial charge is 0.480 e. The molecular formula is C15H17ClN2O5S. The maximum Gasteiger partial charge on any atom is 0.329 e. The van der Waals surface area contributed by atoms with E-state index in [1.54, 1.807) is 24.3 Å². The fourth-order valence-electron chi connectivity index (χ4n) is 2.14. The first-order valence-electron chi connectivity index (χ1n) is 7.20. The van der Waals surface area contributed by atoms with Gasteiger partial charge < -0.3 is 20.1 Å². The van der Waals surface area contributed by atoms with Gasteiger partial charge in [-0.2, -0.15) is 0 Å². The van der Waals surface area contributed by atoms with Gasteiger partial charge in [0.1, 0.15) is 12.6 Å². The minimum Gasteiger partial charge on any atom is -0.480 e. The Morgan fingerprint density at radius 1 is 1.33 bits per heavy atom. The fraction of sp³-hybridized carbons (Fsp3) is 0.400. The number of ether oxygens (including phenoxy) is 1. The average molecular weight is 373 g/mol. The second-order valence-electron chi connectivity index (χ2n) is 5.03. The molecule has 1 aromatic rings. The lowest BCUT2D eigenvalue weighted by Crippen LogP contribution is -2.47. The number of carbonyl (C=O) groups excluding carboxylic acids is 2. The van der Waals surface area contributed by atoms with E-state index in [1.165, 1.54) is 16.7 Å². The predicted molar refractivity (Wildman–Crippen MR) is 90.2 cm³/mol. The summed E-state index contributed by atoms with van der Waals surface area (Å²) in [6.45, 7) is -0.115. The SMILES string of the molecule is O=C(O)COCCNC(=O)C1CSCN1C(=O)c1ccc(Cl)cc1. The minimum absolute atomic E-state index is 0.100. The molecule has 0 radical (unpaired) electrons. The van der Waals surface area contributed by atoms with Crippen molar-refractivity contribution in [3.8, 4) is 0 Å². The van der Waals surface area contributed by atoms with Gasteiger partial charge in [0.25, 0.3) is 5.91 Å². The van der Waals surface area contributed by atoms with Crippen LogP contribution in [0.4, 0.5) is 0 Å². The number of thioether (sulfide) groups is 1. The molecule has 0 spiro atoms. The summed E-state index contributed by atoms with van der Waals surface area (Å²) < 4.78 is 4.85. The van der Waals surface area contributed by atoms with Crippen LogP contribution >= 0.6 is 23.4 Å². The Balaban J connectivity index is 1.87. The third-order valence-electron chi connectivity index (χ3n) is 3.31. The highest BCUT2D eigenvalue weighted by Crippen LogP contribution is 2.23. The van der Waals surface area contributed by atoms with Gasteiger partial charge in [0.05, 0.1) is 12.5 Å². The molecule has 0 aromatic heterocycles. The number of nitrogens with zero attached hydrogens (tertiary/aromatic N) is 1. The highest BCUT2D eigenvalue weighted by atomic mass is 35.5. The highest BCUT2D eigenvalue weighted by molar-refractivity contribution is 7.99. The summed E-state index contributed by atoms with van der Waals surface area (Å²) in [7, 11) is 0. The Morgan fingerprint density at radius 2 is 2.04 bits per heavy atom. The van der Waals surface area contributed by atoms with Crippen LogP contribution in [0.5, 0.6) is 0 Å². The lowest BCUT2D eigenvalue weighted by atomic mass is 10.1. The number of amides is 2. The Kier molecular flexibility index (Phi) is 6.89. The molecule has 0 aliphatic carbocycles. The second kappa shape index (κ2) is 8.91. The fourth-order valence-corrected chi connectivity index (χ4v) is 3.42. The van der Waals surface area contributed by atoms with Gasteiger partial charge in [-0.1, -0.05) is 11.6 Å². The molecule has 0 bridgehead atoms. The van der Waals surface area contributed by atoms with Crippen LogP contribution in [0.25, 0.3) is 0 Å². The lowest BCUT2D eigenvalue weighted by Gasteiger charge is -2.23. The summed E-state index contributed by atoms with van der Waals surface area (Å²) >= 11 is 7.32. The molecule has 7 nitrogen and oxygen atoms in total. The van der Waals surface area contributed by atoms with Crippen LogP contribution in [0.3, 0.4) is 0 Å². The number of carboxylic acids is 1. The number of rotatable bonds is 7. The summed E-state index contributed by atoms with van der Waals surface area (Å²) in [5, 5.41) is 11.6.